The third-order valence-corrected chi connectivity index (χ3v) is 3.21. The molecule has 0 unspecified atom stereocenters. The summed E-state index contributed by atoms with van der Waals surface area (Å²) in [5, 5.41) is 0.463. The minimum atomic E-state index is 0.463. The van der Waals surface area contributed by atoms with Gasteiger partial charge in [-0.05, 0) is 32.3 Å². The van der Waals surface area contributed by atoms with Crippen molar-refractivity contribution in [3.8, 4) is 5.88 Å². The van der Waals surface area contributed by atoms with Gasteiger partial charge in [0.2, 0.25) is 5.88 Å². The van der Waals surface area contributed by atoms with E-state index in [0.717, 1.165) is 18.4 Å². The van der Waals surface area contributed by atoms with E-state index in [4.69, 9.17) is 16.3 Å². The largest absolute Gasteiger partial charge is 0.477 e. The van der Waals surface area contributed by atoms with Gasteiger partial charge in [0.1, 0.15) is 11.0 Å². The second-order valence-corrected chi connectivity index (χ2v) is 4.79. The number of hydrogen-bond acceptors (Lipinski definition) is 3. The zero-order chi connectivity index (χ0) is 13.7. The number of aryl methyl sites for hydroxylation is 2. The number of benzene rings is 1. The Morgan fingerprint density at radius 1 is 1.11 bits per heavy atom. The molecule has 3 nitrogen and oxygen atoms in total. The monoisotopic (exact) mass is 276 g/mol. The van der Waals surface area contributed by atoms with Crippen molar-refractivity contribution in [1.29, 1.82) is 0 Å². The van der Waals surface area contributed by atoms with E-state index in [1.165, 1.54) is 5.56 Å². The maximum atomic E-state index is 6.00. The summed E-state index contributed by atoms with van der Waals surface area (Å²) in [6, 6.07) is 10.4. The normalized spacial score (nSPS) is 10.5. The second kappa shape index (κ2) is 6.53. The lowest BCUT2D eigenvalue weighted by atomic mass is 10.1. The minimum absolute atomic E-state index is 0.463. The Balaban J connectivity index is 1.86. The molecular weight excluding hydrogens is 260 g/mol. The highest BCUT2D eigenvalue weighted by molar-refractivity contribution is 6.30. The number of hydrogen-bond donors (Lipinski definition) is 0. The van der Waals surface area contributed by atoms with E-state index in [0.29, 0.717) is 23.5 Å². The second-order valence-electron chi connectivity index (χ2n) is 4.43. The molecule has 0 amide bonds. The average Bonchev–Trinajstić information content (AvgIpc) is 2.41. The summed E-state index contributed by atoms with van der Waals surface area (Å²) < 4.78 is 5.68. The molecule has 0 aliphatic rings. The van der Waals surface area contributed by atoms with Crippen molar-refractivity contribution in [1.82, 2.24) is 9.97 Å². The summed E-state index contributed by atoms with van der Waals surface area (Å²) >= 11 is 6.00. The Kier molecular flexibility index (Phi) is 4.74. The number of rotatable bonds is 5. The molecule has 1 heterocycles. The van der Waals surface area contributed by atoms with Crippen LogP contribution in [-0.4, -0.2) is 16.6 Å². The summed E-state index contributed by atoms with van der Waals surface area (Å²) in [6.45, 7) is 4.30. The molecule has 0 aliphatic heterocycles. The van der Waals surface area contributed by atoms with Crippen molar-refractivity contribution in [3.63, 3.8) is 0 Å². The highest BCUT2D eigenvalue weighted by Gasteiger charge is 2.08. The Morgan fingerprint density at radius 2 is 1.84 bits per heavy atom. The first-order chi connectivity index (χ1) is 9.16. The van der Waals surface area contributed by atoms with Gasteiger partial charge >= 0.3 is 0 Å². The number of halogens is 1. The molecule has 100 valence electrons. The quantitative estimate of drug-likeness (QED) is 0.616. The van der Waals surface area contributed by atoms with E-state index in [1.807, 2.05) is 32.0 Å². The van der Waals surface area contributed by atoms with Crippen molar-refractivity contribution in [2.75, 3.05) is 6.61 Å². The molecule has 1 aromatic heterocycles. The highest BCUT2D eigenvalue weighted by Crippen LogP contribution is 2.21. The van der Waals surface area contributed by atoms with E-state index >= 15 is 0 Å². The van der Waals surface area contributed by atoms with Gasteiger partial charge in [-0.25, -0.2) is 4.98 Å². The van der Waals surface area contributed by atoms with Gasteiger partial charge in [0.15, 0.2) is 0 Å². The SMILES string of the molecule is Cc1nc(Cl)c(C)c(OCCCc2ccccc2)n1. The number of aromatic nitrogens is 2. The van der Waals surface area contributed by atoms with Gasteiger partial charge in [-0.2, -0.15) is 4.98 Å². The lowest BCUT2D eigenvalue weighted by Crippen LogP contribution is -2.04. The third kappa shape index (κ3) is 3.93. The zero-order valence-corrected chi connectivity index (χ0v) is 11.9. The molecule has 0 saturated heterocycles. The molecule has 0 atom stereocenters. The molecule has 0 N–H and O–H groups in total. The van der Waals surface area contributed by atoms with E-state index < -0.39 is 0 Å². The van der Waals surface area contributed by atoms with E-state index in [1.54, 1.807) is 0 Å². The molecule has 19 heavy (non-hydrogen) atoms. The van der Waals surface area contributed by atoms with Crippen LogP contribution in [0.15, 0.2) is 30.3 Å². The molecule has 0 bridgehead atoms. The predicted molar refractivity (Wildman–Crippen MR) is 76.8 cm³/mol. The van der Waals surface area contributed by atoms with Gasteiger partial charge < -0.3 is 4.74 Å². The first kappa shape index (κ1) is 13.8. The molecular formula is C15H17ClN2O. The fraction of sp³-hybridized carbons (Fsp3) is 0.333. The fourth-order valence-electron chi connectivity index (χ4n) is 1.80. The summed E-state index contributed by atoms with van der Waals surface area (Å²) in [6.07, 6.45) is 1.95. The van der Waals surface area contributed by atoms with Crippen LogP contribution in [0.3, 0.4) is 0 Å². The van der Waals surface area contributed by atoms with Gasteiger partial charge in [-0.15, -0.1) is 0 Å². The Labute approximate surface area is 118 Å². The Morgan fingerprint density at radius 3 is 2.58 bits per heavy atom. The summed E-state index contributed by atoms with van der Waals surface area (Å²) in [5.74, 6) is 1.22. The minimum Gasteiger partial charge on any atom is -0.477 e. The van der Waals surface area contributed by atoms with Crippen molar-refractivity contribution >= 4 is 11.6 Å². The van der Waals surface area contributed by atoms with Gasteiger partial charge in [0.25, 0.3) is 0 Å². The molecule has 4 heteroatoms. The molecule has 0 spiro atoms. The van der Waals surface area contributed by atoms with E-state index in [9.17, 15) is 0 Å². The lowest BCUT2D eigenvalue weighted by molar-refractivity contribution is 0.296. The molecule has 0 aliphatic carbocycles. The molecule has 0 fully saturated rings. The van der Waals surface area contributed by atoms with Crippen LogP contribution in [0.5, 0.6) is 5.88 Å². The van der Waals surface area contributed by atoms with Crippen LogP contribution < -0.4 is 4.74 Å². The summed E-state index contributed by atoms with van der Waals surface area (Å²) in [7, 11) is 0. The van der Waals surface area contributed by atoms with Crippen LogP contribution in [0, 0.1) is 13.8 Å². The lowest BCUT2D eigenvalue weighted by Gasteiger charge is -2.09. The van der Waals surface area contributed by atoms with Gasteiger partial charge in [0.05, 0.1) is 6.61 Å². The topological polar surface area (TPSA) is 35.0 Å². The Bertz CT molecular complexity index is 543. The van der Waals surface area contributed by atoms with Crippen LogP contribution in [0.25, 0.3) is 0 Å². The number of nitrogens with zero attached hydrogens (tertiary/aromatic N) is 2. The maximum Gasteiger partial charge on any atom is 0.221 e. The van der Waals surface area contributed by atoms with Crippen molar-refractivity contribution in [3.05, 3.63) is 52.4 Å². The summed E-state index contributed by atoms with van der Waals surface area (Å²) in [5.41, 5.74) is 2.12. The van der Waals surface area contributed by atoms with Crippen LogP contribution in [0.2, 0.25) is 5.15 Å². The first-order valence-electron chi connectivity index (χ1n) is 6.34. The zero-order valence-electron chi connectivity index (χ0n) is 11.2. The molecule has 2 aromatic rings. The Hall–Kier alpha value is -1.61. The standard InChI is InChI=1S/C15H17ClN2O/c1-11-14(16)17-12(2)18-15(11)19-10-6-9-13-7-4-3-5-8-13/h3-5,7-8H,6,9-10H2,1-2H3. The van der Waals surface area contributed by atoms with Crippen molar-refractivity contribution in [2.24, 2.45) is 0 Å². The maximum absolute atomic E-state index is 6.00. The molecule has 0 radical (unpaired) electrons. The van der Waals surface area contributed by atoms with Crippen LogP contribution in [0.4, 0.5) is 0 Å². The average molecular weight is 277 g/mol. The smallest absolute Gasteiger partial charge is 0.221 e. The van der Waals surface area contributed by atoms with Crippen LogP contribution in [0.1, 0.15) is 23.4 Å². The molecule has 1 aromatic carbocycles. The van der Waals surface area contributed by atoms with Crippen molar-refractivity contribution < 1.29 is 4.74 Å². The van der Waals surface area contributed by atoms with Crippen LogP contribution >= 0.6 is 11.6 Å². The van der Waals surface area contributed by atoms with Gasteiger partial charge in [0, 0.05) is 5.56 Å². The fourth-order valence-corrected chi connectivity index (χ4v) is 2.00. The van der Waals surface area contributed by atoms with Gasteiger partial charge in [-0.3, -0.25) is 0 Å². The first-order valence-corrected chi connectivity index (χ1v) is 6.72. The number of ether oxygens (including phenoxy) is 1. The molecule has 0 saturated carbocycles. The predicted octanol–water partition coefficient (Wildman–Crippen LogP) is 3.76. The summed E-state index contributed by atoms with van der Waals surface area (Å²) in [4.78, 5) is 8.34. The van der Waals surface area contributed by atoms with Gasteiger partial charge in [-0.1, -0.05) is 41.9 Å². The highest BCUT2D eigenvalue weighted by atomic mass is 35.5. The van der Waals surface area contributed by atoms with E-state index in [2.05, 4.69) is 22.1 Å². The van der Waals surface area contributed by atoms with Crippen LogP contribution in [-0.2, 0) is 6.42 Å². The van der Waals surface area contributed by atoms with E-state index in [-0.39, 0.29) is 0 Å². The van der Waals surface area contributed by atoms with Crippen molar-refractivity contribution in [2.45, 2.75) is 26.7 Å². The molecule has 2 rings (SSSR count). The third-order valence-electron chi connectivity index (χ3n) is 2.84.